The summed E-state index contributed by atoms with van der Waals surface area (Å²) in [4.78, 5) is 71.6. The molecule has 3 heterocycles. The lowest BCUT2D eigenvalue weighted by Crippen LogP contribution is -2.56. The second kappa shape index (κ2) is 15.1. The van der Waals surface area contributed by atoms with Crippen molar-refractivity contribution in [3.63, 3.8) is 0 Å². The Morgan fingerprint density at radius 1 is 1.04 bits per heavy atom. The summed E-state index contributed by atoms with van der Waals surface area (Å²) in [7, 11) is 0. The molecule has 2 aliphatic heterocycles. The Morgan fingerprint density at radius 2 is 1.76 bits per heavy atom. The largest absolute Gasteiger partial charge is 0.483 e. The Balaban J connectivity index is 1.47. The van der Waals surface area contributed by atoms with Gasteiger partial charge in [-0.1, -0.05) is 19.4 Å². The van der Waals surface area contributed by atoms with E-state index in [1.807, 2.05) is 13.8 Å². The number of benzene rings is 1. The third-order valence-corrected chi connectivity index (χ3v) is 7.86. The molecule has 1 unspecified atom stereocenters. The molecule has 0 aliphatic carbocycles. The van der Waals surface area contributed by atoms with Crippen LogP contribution in [0.25, 0.3) is 10.9 Å². The average molecular weight is 648 g/mol. The van der Waals surface area contributed by atoms with E-state index in [0.29, 0.717) is 17.5 Å². The van der Waals surface area contributed by atoms with Crippen LogP contribution in [-0.4, -0.2) is 119 Å². The number of carboxylic acid groups (broad SMARTS) is 1. The summed E-state index contributed by atoms with van der Waals surface area (Å²) < 4.78 is 38.2. The second-order valence-corrected chi connectivity index (χ2v) is 11.5. The van der Waals surface area contributed by atoms with Crippen LogP contribution in [0.15, 0.2) is 24.3 Å². The molecule has 1 aromatic carbocycles. The van der Waals surface area contributed by atoms with Gasteiger partial charge in [0.15, 0.2) is 6.61 Å². The van der Waals surface area contributed by atoms with Crippen LogP contribution in [0.4, 0.5) is 13.6 Å². The molecule has 1 aromatic heterocycles. The van der Waals surface area contributed by atoms with E-state index in [1.165, 1.54) is 15.9 Å². The number of ether oxygens (including phenoxy) is 2. The molecule has 0 saturated carbocycles. The zero-order chi connectivity index (χ0) is 33.4. The highest BCUT2D eigenvalue weighted by Crippen LogP contribution is 2.29. The molecule has 13 nitrogen and oxygen atoms in total. The fourth-order valence-electron chi connectivity index (χ4n) is 5.20. The highest BCUT2D eigenvalue weighted by molar-refractivity contribution is 5.99. The predicted molar refractivity (Wildman–Crippen MR) is 161 cm³/mol. The van der Waals surface area contributed by atoms with Gasteiger partial charge in [-0.25, -0.2) is 18.6 Å². The number of alkyl halides is 2. The van der Waals surface area contributed by atoms with Gasteiger partial charge in [-0.05, 0) is 37.5 Å². The van der Waals surface area contributed by atoms with Crippen molar-refractivity contribution in [2.24, 2.45) is 0 Å². The molecule has 4 amide bonds. The third-order valence-electron chi connectivity index (χ3n) is 7.86. The molecule has 0 spiro atoms. The maximum Gasteiger partial charge on any atom is 0.409 e. The summed E-state index contributed by atoms with van der Waals surface area (Å²) in [5.41, 5.74) is 1.03. The zero-order valence-corrected chi connectivity index (χ0v) is 25.9. The highest BCUT2D eigenvalue weighted by Gasteiger charge is 2.40. The van der Waals surface area contributed by atoms with Crippen LogP contribution in [0.5, 0.6) is 5.75 Å². The molecule has 250 valence electrons. The van der Waals surface area contributed by atoms with E-state index in [-0.39, 0.29) is 50.6 Å². The summed E-state index contributed by atoms with van der Waals surface area (Å²) in [5.74, 6) is -5.90. The summed E-state index contributed by atoms with van der Waals surface area (Å²) in [6.07, 6.45) is 0.146. The number of aliphatic carboxylic acids is 1. The lowest BCUT2D eigenvalue weighted by atomic mass is 10.1. The standard InChI is InChI=1S/C31H39F2N5O8/c1-3-4-15-45-30(44)37-13-11-36(12-14-37)29(43)22(7-8-27(40)41)35-28(42)24-17-25(21-6-5-20(2)16-23(21)34-24)46-18-26(39)38-10-9-31(32,33)19-38/h5-6,16-17,22H,3-4,7-15,18-19H2,1-2H3,(H,35,42)(H,40,41). The van der Waals surface area contributed by atoms with Gasteiger partial charge < -0.3 is 34.6 Å². The molecule has 46 heavy (non-hydrogen) atoms. The van der Waals surface area contributed by atoms with Gasteiger partial charge >= 0.3 is 12.1 Å². The van der Waals surface area contributed by atoms with E-state index in [4.69, 9.17) is 9.47 Å². The van der Waals surface area contributed by atoms with E-state index in [0.717, 1.165) is 23.3 Å². The quantitative estimate of drug-likeness (QED) is 0.331. The van der Waals surface area contributed by atoms with Crippen molar-refractivity contribution in [2.45, 2.75) is 57.9 Å². The van der Waals surface area contributed by atoms with Crippen LogP contribution in [0.3, 0.4) is 0 Å². The lowest BCUT2D eigenvalue weighted by Gasteiger charge is -2.36. The van der Waals surface area contributed by atoms with Gasteiger partial charge in [0.05, 0.1) is 18.7 Å². The number of unbranched alkanes of at least 4 members (excludes halogenated alkanes) is 1. The number of carbonyl (C=O) groups is 5. The monoisotopic (exact) mass is 647 g/mol. The summed E-state index contributed by atoms with van der Waals surface area (Å²) in [6.45, 7) is 3.55. The number of nitrogens with one attached hydrogen (secondary N) is 1. The first kappa shape index (κ1) is 34.3. The van der Waals surface area contributed by atoms with Gasteiger partial charge in [0.25, 0.3) is 17.7 Å². The Labute approximate surface area is 264 Å². The number of piperazine rings is 1. The van der Waals surface area contributed by atoms with Gasteiger partial charge in [0.2, 0.25) is 5.91 Å². The number of fused-ring (bicyclic) bond motifs is 1. The molecule has 15 heteroatoms. The number of pyridine rings is 1. The predicted octanol–water partition coefficient (Wildman–Crippen LogP) is 2.83. The van der Waals surface area contributed by atoms with Crippen LogP contribution in [0.1, 0.15) is 55.1 Å². The van der Waals surface area contributed by atoms with E-state index in [9.17, 15) is 37.9 Å². The minimum atomic E-state index is -2.95. The molecule has 0 bridgehead atoms. The normalized spacial score (nSPS) is 16.7. The van der Waals surface area contributed by atoms with Gasteiger partial charge in [-0.3, -0.25) is 19.2 Å². The van der Waals surface area contributed by atoms with Crippen LogP contribution in [-0.2, 0) is 19.1 Å². The molecular weight excluding hydrogens is 608 g/mol. The molecule has 2 aromatic rings. The number of carbonyl (C=O) groups excluding carboxylic acids is 4. The number of hydrogen-bond donors (Lipinski definition) is 2. The number of halogens is 2. The molecular formula is C31H39F2N5O8. The number of rotatable bonds is 12. The molecule has 2 aliphatic rings. The van der Waals surface area contributed by atoms with Crippen LogP contribution in [0.2, 0.25) is 0 Å². The van der Waals surface area contributed by atoms with Gasteiger partial charge in [-0.15, -0.1) is 0 Å². The first-order valence-corrected chi connectivity index (χ1v) is 15.3. The average Bonchev–Trinajstić information content (AvgIpc) is 3.40. The number of nitrogens with zero attached hydrogens (tertiary/aromatic N) is 4. The maximum absolute atomic E-state index is 13.6. The topological polar surface area (TPSA) is 159 Å². The Kier molecular flexibility index (Phi) is 11.3. The zero-order valence-electron chi connectivity index (χ0n) is 25.9. The summed E-state index contributed by atoms with van der Waals surface area (Å²) >= 11 is 0. The molecule has 2 N–H and O–H groups in total. The van der Waals surface area contributed by atoms with Crippen LogP contribution in [0, 0.1) is 6.92 Å². The smallest absolute Gasteiger partial charge is 0.409 e. The van der Waals surface area contributed by atoms with Gasteiger partial charge in [0, 0.05) is 57.0 Å². The SMILES string of the molecule is CCCCOC(=O)N1CCN(C(=O)C(CCC(=O)O)NC(=O)c2cc(OCC(=O)N3CCC(F)(F)C3)c3ccc(C)cc3n2)CC1. The Hall–Kier alpha value is -4.56. The molecule has 2 fully saturated rings. The number of aryl methyl sites for hydroxylation is 1. The van der Waals surface area contributed by atoms with Crippen LogP contribution >= 0.6 is 0 Å². The molecule has 0 radical (unpaired) electrons. The van der Waals surface area contributed by atoms with Crippen molar-refractivity contribution in [1.82, 2.24) is 25.0 Å². The molecule has 1 atom stereocenters. The maximum atomic E-state index is 13.6. The molecule has 4 rings (SSSR count). The van der Waals surface area contributed by atoms with Gasteiger partial charge in [-0.2, -0.15) is 0 Å². The fraction of sp³-hybridized carbons (Fsp3) is 0.548. The third kappa shape index (κ3) is 9.01. The highest BCUT2D eigenvalue weighted by atomic mass is 19.3. The Morgan fingerprint density at radius 3 is 2.41 bits per heavy atom. The van der Waals surface area contributed by atoms with E-state index >= 15 is 0 Å². The van der Waals surface area contributed by atoms with Crippen LogP contribution < -0.4 is 10.1 Å². The van der Waals surface area contributed by atoms with E-state index in [1.54, 1.807) is 18.2 Å². The number of likely N-dealkylation sites (tertiary alicyclic amines) is 1. The minimum absolute atomic E-state index is 0.0943. The van der Waals surface area contributed by atoms with Crippen molar-refractivity contribution in [3.05, 3.63) is 35.5 Å². The van der Waals surface area contributed by atoms with E-state index < -0.39 is 67.7 Å². The number of amides is 4. The van der Waals surface area contributed by atoms with Crippen molar-refractivity contribution < 1.29 is 47.3 Å². The first-order valence-electron chi connectivity index (χ1n) is 15.3. The fourth-order valence-corrected chi connectivity index (χ4v) is 5.20. The van der Waals surface area contributed by atoms with E-state index in [2.05, 4.69) is 10.3 Å². The number of hydrogen-bond acceptors (Lipinski definition) is 8. The van der Waals surface area contributed by atoms with Gasteiger partial charge in [0.1, 0.15) is 17.5 Å². The van der Waals surface area contributed by atoms with Crippen molar-refractivity contribution in [2.75, 3.05) is 52.5 Å². The Bertz CT molecular complexity index is 1460. The van der Waals surface area contributed by atoms with Crippen molar-refractivity contribution in [3.8, 4) is 5.75 Å². The van der Waals surface area contributed by atoms with Crippen molar-refractivity contribution >= 4 is 40.7 Å². The second-order valence-electron chi connectivity index (χ2n) is 11.5. The van der Waals surface area contributed by atoms with Crippen molar-refractivity contribution in [1.29, 1.82) is 0 Å². The number of carboxylic acids is 1. The minimum Gasteiger partial charge on any atom is -0.483 e. The lowest BCUT2D eigenvalue weighted by molar-refractivity contribution is -0.138. The summed E-state index contributed by atoms with van der Waals surface area (Å²) in [5, 5.41) is 12.4. The molecule has 2 saturated heterocycles. The number of aromatic nitrogens is 1. The first-order chi connectivity index (χ1) is 21.9. The summed E-state index contributed by atoms with van der Waals surface area (Å²) in [6, 6.07) is 5.26.